The van der Waals surface area contributed by atoms with Gasteiger partial charge in [0.2, 0.25) is 11.6 Å². The van der Waals surface area contributed by atoms with Crippen LogP contribution in [-0.2, 0) is 0 Å². The van der Waals surface area contributed by atoms with Gasteiger partial charge in [-0.1, -0.05) is 18.2 Å². The fourth-order valence-electron chi connectivity index (χ4n) is 3.25. The normalized spacial score (nSPS) is 13.4. The topological polar surface area (TPSA) is 47.3 Å². The van der Waals surface area contributed by atoms with Gasteiger partial charge in [0, 0.05) is 11.1 Å². The zero-order valence-corrected chi connectivity index (χ0v) is 12.6. The second-order valence-corrected chi connectivity index (χ2v) is 5.87. The number of hydrogen-bond donors (Lipinski definition) is 0. The van der Waals surface area contributed by atoms with Crippen molar-refractivity contribution in [3.05, 3.63) is 58.3 Å². The molecular formula is C19H14O3. The number of ketones is 2. The summed E-state index contributed by atoms with van der Waals surface area (Å²) in [5.41, 5.74) is 4.58. The van der Waals surface area contributed by atoms with Gasteiger partial charge in [-0.25, -0.2) is 0 Å². The first-order valence-electron chi connectivity index (χ1n) is 7.21. The summed E-state index contributed by atoms with van der Waals surface area (Å²) in [6.45, 7) is 5.85. The number of hydrogen-bond acceptors (Lipinski definition) is 3. The van der Waals surface area contributed by atoms with Gasteiger partial charge in [0.05, 0.1) is 11.8 Å². The summed E-state index contributed by atoms with van der Waals surface area (Å²) < 4.78 is 5.56. The number of furan rings is 1. The SMILES string of the molecule is Cc1coc2c1C(=O)C(=O)c1c-2ccc2c(C)c(C)ccc12. The summed E-state index contributed by atoms with van der Waals surface area (Å²) >= 11 is 0. The van der Waals surface area contributed by atoms with Gasteiger partial charge in [-0.3, -0.25) is 9.59 Å². The van der Waals surface area contributed by atoms with E-state index < -0.39 is 11.6 Å². The van der Waals surface area contributed by atoms with Crippen LogP contribution in [0.4, 0.5) is 0 Å². The second kappa shape index (κ2) is 4.17. The van der Waals surface area contributed by atoms with Crippen LogP contribution in [0.5, 0.6) is 0 Å². The maximum atomic E-state index is 12.6. The van der Waals surface area contributed by atoms with Crippen LogP contribution < -0.4 is 0 Å². The van der Waals surface area contributed by atoms with Gasteiger partial charge >= 0.3 is 0 Å². The fraction of sp³-hybridized carbons (Fsp3) is 0.158. The van der Waals surface area contributed by atoms with Gasteiger partial charge in [0.25, 0.3) is 0 Å². The highest BCUT2D eigenvalue weighted by atomic mass is 16.3. The summed E-state index contributed by atoms with van der Waals surface area (Å²) in [5.74, 6) is -0.405. The molecule has 1 aliphatic rings. The van der Waals surface area contributed by atoms with Gasteiger partial charge in [-0.2, -0.15) is 0 Å². The molecular weight excluding hydrogens is 276 g/mol. The first-order chi connectivity index (χ1) is 10.5. The van der Waals surface area contributed by atoms with Gasteiger partial charge in [-0.05, 0) is 54.3 Å². The monoisotopic (exact) mass is 290 g/mol. The third-order valence-corrected chi connectivity index (χ3v) is 4.62. The fourth-order valence-corrected chi connectivity index (χ4v) is 3.25. The molecule has 0 bridgehead atoms. The van der Waals surface area contributed by atoms with E-state index in [1.54, 1.807) is 6.92 Å². The third-order valence-electron chi connectivity index (χ3n) is 4.62. The molecule has 1 heterocycles. The number of carbonyl (C=O) groups is 2. The van der Waals surface area contributed by atoms with Crippen LogP contribution in [0.1, 0.15) is 37.4 Å². The molecule has 0 spiro atoms. The molecule has 0 atom stereocenters. The lowest BCUT2D eigenvalue weighted by Crippen LogP contribution is -2.21. The lowest BCUT2D eigenvalue weighted by molar-refractivity contribution is 0.0815. The molecule has 1 aliphatic carbocycles. The largest absolute Gasteiger partial charge is 0.463 e. The number of Topliss-reactive ketones (excluding diaryl/α,β-unsaturated/α-hetero) is 2. The van der Waals surface area contributed by atoms with Crippen LogP contribution in [-0.4, -0.2) is 11.6 Å². The van der Waals surface area contributed by atoms with E-state index in [1.807, 2.05) is 38.1 Å². The Morgan fingerprint density at radius 3 is 2.23 bits per heavy atom. The van der Waals surface area contributed by atoms with Crippen LogP contribution in [0.25, 0.3) is 22.1 Å². The van der Waals surface area contributed by atoms with Crippen molar-refractivity contribution < 1.29 is 14.0 Å². The predicted molar refractivity (Wildman–Crippen MR) is 84.5 cm³/mol. The van der Waals surface area contributed by atoms with E-state index in [9.17, 15) is 9.59 Å². The molecule has 2 aromatic carbocycles. The minimum Gasteiger partial charge on any atom is -0.463 e. The summed E-state index contributed by atoms with van der Waals surface area (Å²) in [5, 5.41) is 1.82. The van der Waals surface area contributed by atoms with E-state index >= 15 is 0 Å². The summed E-state index contributed by atoms with van der Waals surface area (Å²) in [7, 11) is 0. The number of fused-ring (bicyclic) bond motifs is 5. The van der Waals surface area contributed by atoms with Crippen molar-refractivity contribution in [1.82, 2.24) is 0 Å². The average molecular weight is 290 g/mol. The van der Waals surface area contributed by atoms with Crippen molar-refractivity contribution in [2.24, 2.45) is 0 Å². The lowest BCUT2D eigenvalue weighted by atomic mass is 9.83. The smallest absolute Gasteiger partial charge is 0.237 e. The number of carbonyl (C=O) groups excluding carboxylic acids is 2. The highest BCUT2D eigenvalue weighted by molar-refractivity contribution is 6.54. The van der Waals surface area contributed by atoms with Gasteiger partial charge < -0.3 is 4.42 Å². The lowest BCUT2D eigenvalue weighted by Gasteiger charge is -2.17. The molecule has 0 saturated heterocycles. The van der Waals surface area contributed by atoms with Crippen LogP contribution in [0.15, 0.2) is 34.9 Å². The highest BCUT2D eigenvalue weighted by Gasteiger charge is 2.35. The zero-order valence-electron chi connectivity index (χ0n) is 12.6. The van der Waals surface area contributed by atoms with Crippen molar-refractivity contribution in [2.45, 2.75) is 20.8 Å². The molecule has 0 aliphatic heterocycles. The Morgan fingerprint density at radius 1 is 0.773 bits per heavy atom. The quantitative estimate of drug-likeness (QED) is 0.576. The highest BCUT2D eigenvalue weighted by Crippen LogP contribution is 2.40. The van der Waals surface area contributed by atoms with Crippen LogP contribution >= 0.6 is 0 Å². The average Bonchev–Trinajstić information content (AvgIpc) is 2.90. The van der Waals surface area contributed by atoms with E-state index in [-0.39, 0.29) is 0 Å². The van der Waals surface area contributed by atoms with E-state index in [1.165, 1.54) is 6.26 Å². The van der Waals surface area contributed by atoms with E-state index in [0.717, 1.165) is 21.9 Å². The molecule has 3 aromatic rings. The van der Waals surface area contributed by atoms with Crippen molar-refractivity contribution in [3.8, 4) is 11.3 Å². The molecule has 0 saturated carbocycles. The minimum absolute atomic E-state index is 0.403. The molecule has 3 heteroatoms. The van der Waals surface area contributed by atoms with Crippen molar-refractivity contribution >= 4 is 22.3 Å². The summed E-state index contributed by atoms with van der Waals surface area (Å²) in [6.07, 6.45) is 1.54. The second-order valence-electron chi connectivity index (χ2n) is 5.87. The van der Waals surface area contributed by atoms with E-state index in [4.69, 9.17) is 4.42 Å². The molecule has 0 N–H and O–H groups in total. The Morgan fingerprint density at radius 2 is 1.45 bits per heavy atom. The molecule has 0 amide bonds. The Balaban J connectivity index is 2.18. The number of aryl methyl sites for hydroxylation is 3. The van der Waals surface area contributed by atoms with E-state index in [2.05, 4.69) is 0 Å². The Kier molecular flexibility index (Phi) is 2.46. The van der Waals surface area contributed by atoms with Crippen LogP contribution in [0.2, 0.25) is 0 Å². The molecule has 4 rings (SSSR count). The van der Waals surface area contributed by atoms with Crippen molar-refractivity contribution in [2.75, 3.05) is 0 Å². The maximum Gasteiger partial charge on any atom is 0.237 e. The predicted octanol–water partition coefficient (Wildman–Crippen LogP) is 4.40. The third kappa shape index (κ3) is 1.45. The Bertz CT molecular complexity index is 990. The first-order valence-corrected chi connectivity index (χ1v) is 7.21. The molecule has 1 aromatic heterocycles. The molecule has 108 valence electrons. The number of benzene rings is 2. The first kappa shape index (κ1) is 13.0. The molecule has 0 radical (unpaired) electrons. The van der Waals surface area contributed by atoms with Crippen LogP contribution in [0.3, 0.4) is 0 Å². The van der Waals surface area contributed by atoms with Crippen molar-refractivity contribution in [3.63, 3.8) is 0 Å². The number of rotatable bonds is 0. The van der Waals surface area contributed by atoms with Crippen molar-refractivity contribution in [1.29, 1.82) is 0 Å². The summed E-state index contributed by atoms with van der Waals surface area (Å²) in [4.78, 5) is 25.1. The standard InChI is InChI=1S/C19H14O3/c1-9-4-5-13-12(11(9)3)6-7-14-16(13)18(21)17(20)15-10(2)8-22-19(14)15/h4-8H,1-3H3. The molecule has 3 nitrogen and oxygen atoms in total. The van der Waals surface area contributed by atoms with Gasteiger partial charge in [0.15, 0.2) is 0 Å². The molecule has 0 unspecified atom stereocenters. The maximum absolute atomic E-state index is 12.6. The van der Waals surface area contributed by atoms with E-state index in [0.29, 0.717) is 28.0 Å². The van der Waals surface area contributed by atoms with Gasteiger partial charge in [0.1, 0.15) is 5.76 Å². The van der Waals surface area contributed by atoms with Crippen LogP contribution in [0, 0.1) is 20.8 Å². The molecule has 0 fully saturated rings. The van der Waals surface area contributed by atoms with Gasteiger partial charge in [-0.15, -0.1) is 0 Å². The Labute approximate surface area is 127 Å². The summed E-state index contributed by atoms with van der Waals surface area (Å²) in [6, 6.07) is 7.79. The molecule has 22 heavy (non-hydrogen) atoms. The minimum atomic E-state index is -0.473. The zero-order chi connectivity index (χ0) is 15.6. The Hall–Kier alpha value is -2.68.